The summed E-state index contributed by atoms with van der Waals surface area (Å²) in [7, 11) is 0. The molecule has 2 amide bonds. The molecule has 0 saturated heterocycles. The van der Waals surface area contributed by atoms with Gasteiger partial charge in [0, 0.05) is 18.2 Å². The zero-order valence-corrected chi connectivity index (χ0v) is 19.9. The quantitative estimate of drug-likeness (QED) is 0.344. The number of aromatic nitrogens is 1. The summed E-state index contributed by atoms with van der Waals surface area (Å²) in [5, 5.41) is 12.0. The van der Waals surface area contributed by atoms with E-state index in [-0.39, 0.29) is 43.1 Å². The van der Waals surface area contributed by atoms with Crippen LogP contribution in [0.25, 0.3) is 0 Å². The van der Waals surface area contributed by atoms with Gasteiger partial charge in [0.25, 0.3) is 0 Å². The van der Waals surface area contributed by atoms with E-state index in [1.54, 1.807) is 4.90 Å². The second-order valence-corrected chi connectivity index (χ2v) is 10.3. The van der Waals surface area contributed by atoms with Crippen LogP contribution in [0.1, 0.15) is 38.2 Å². The molecular formula is C22H27F2N3O4S2. The standard InChI is InChI=1S/C22H27F2N3O4S2/c1-14-5-7-15(8-6-14)27(9-10-31-12-16-17(23)3-2-4-18(16)24)22(30)26-21-25-11-20(33-21)32-13-19(28)29/h2-4,11,14-15H,5-10,12-13H2,1H3,(H,28,29)(H,25,26,30). The number of anilines is 1. The van der Waals surface area contributed by atoms with Crippen LogP contribution < -0.4 is 5.32 Å². The highest BCUT2D eigenvalue weighted by Crippen LogP contribution is 2.30. The lowest BCUT2D eigenvalue weighted by atomic mass is 9.86. The number of carboxylic acid groups (broad SMARTS) is 1. The Morgan fingerprint density at radius 2 is 1.97 bits per heavy atom. The highest BCUT2D eigenvalue weighted by molar-refractivity contribution is 8.01. The molecule has 1 fully saturated rings. The van der Waals surface area contributed by atoms with Crippen molar-refractivity contribution in [1.29, 1.82) is 0 Å². The van der Waals surface area contributed by atoms with Crippen LogP contribution in [-0.2, 0) is 16.1 Å². The fourth-order valence-electron chi connectivity index (χ4n) is 3.69. The van der Waals surface area contributed by atoms with Gasteiger partial charge in [-0.3, -0.25) is 10.1 Å². The van der Waals surface area contributed by atoms with Crippen LogP contribution in [0.15, 0.2) is 28.6 Å². The van der Waals surface area contributed by atoms with Gasteiger partial charge in [0.05, 0.1) is 29.4 Å². The maximum Gasteiger partial charge on any atom is 0.323 e. The van der Waals surface area contributed by atoms with E-state index in [0.29, 0.717) is 15.3 Å². The molecule has 1 aromatic carbocycles. The number of halogens is 2. The van der Waals surface area contributed by atoms with Crippen molar-refractivity contribution in [1.82, 2.24) is 9.88 Å². The molecule has 180 valence electrons. The monoisotopic (exact) mass is 499 g/mol. The molecule has 1 aromatic heterocycles. The highest BCUT2D eigenvalue weighted by atomic mass is 32.2. The van der Waals surface area contributed by atoms with Gasteiger partial charge < -0.3 is 14.7 Å². The summed E-state index contributed by atoms with van der Waals surface area (Å²) in [6.07, 6.45) is 5.31. The maximum absolute atomic E-state index is 13.8. The Labute approximate surface area is 199 Å². The molecule has 33 heavy (non-hydrogen) atoms. The number of urea groups is 1. The van der Waals surface area contributed by atoms with Gasteiger partial charge in [-0.25, -0.2) is 18.6 Å². The summed E-state index contributed by atoms with van der Waals surface area (Å²) >= 11 is 2.35. The third-order valence-electron chi connectivity index (χ3n) is 5.51. The molecular weight excluding hydrogens is 472 g/mol. The molecule has 0 spiro atoms. The number of nitrogens with zero attached hydrogens (tertiary/aromatic N) is 2. The molecule has 0 aliphatic heterocycles. The number of hydrogen-bond acceptors (Lipinski definition) is 6. The Kier molecular flexibility index (Phi) is 9.45. The molecule has 0 bridgehead atoms. The van der Waals surface area contributed by atoms with Crippen molar-refractivity contribution in [2.75, 3.05) is 24.2 Å². The number of nitrogens with one attached hydrogen (secondary N) is 1. The number of amides is 2. The van der Waals surface area contributed by atoms with Gasteiger partial charge in [-0.2, -0.15) is 0 Å². The Morgan fingerprint density at radius 3 is 2.64 bits per heavy atom. The third kappa shape index (κ3) is 7.65. The molecule has 7 nitrogen and oxygen atoms in total. The van der Waals surface area contributed by atoms with Gasteiger partial charge in [-0.05, 0) is 43.7 Å². The Balaban J connectivity index is 1.59. The smallest absolute Gasteiger partial charge is 0.323 e. The van der Waals surface area contributed by atoms with Gasteiger partial charge in [0.1, 0.15) is 11.6 Å². The zero-order valence-electron chi connectivity index (χ0n) is 18.3. The van der Waals surface area contributed by atoms with Crippen LogP contribution in [0.3, 0.4) is 0 Å². The van der Waals surface area contributed by atoms with E-state index in [1.165, 1.54) is 35.7 Å². The van der Waals surface area contributed by atoms with Crippen LogP contribution >= 0.6 is 23.1 Å². The number of aliphatic carboxylic acids is 1. The third-order valence-corrected chi connectivity index (χ3v) is 7.60. The number of thioether (sulfide) groups is 1. The van der Waals surface area contributed by atoms with Crippen molar-refractivity contribution in [2.45, 2.75) is 49.5 Å². The number of ether oxygens (including phenoxy) is 1. The Morgan fingerprint density at radius 1 is 1.27 bits per heavy atom. The van der Waals surface area contributed by atoms with Gasteiger partial charge >= 0.3 is 12.0 Å². The van der Waals surface area contributed by atoms with E-state index in [1.807, 2.05) is 0 Å². The second-order valence-electron chi connectivity index (χ2n) is 7.96. The number of rotatable bonds is 10. The minimum Gasteiger partial charge on any atom is -0.481 e. The minimum atomic E-state index is -0.924. The van der Waals surface area contributed by atoms with E-state index in [9.17, 15) is 18.4 Å². The molecule has 1 saturated carbocycles. The van der Waals surface area contributed by atoms with Gasteiger partial charge in [-0.15, -0.1) is 11.8 Å². The second kappa shape index (κ2) is 12.3. The molecule has 2 aromatic rings. The number of hydrogen-bond donors (Lipinski definition) is 2. The summed E-state index contributed by atoms with van der Waals surface area (Å²) in [6, 6.07) is 3.38. The molecule has 3 rings (SSSR count). The summed E-state index contributed by atoms with van der Waals surface area (Å²) in [5.41, 5.74) is -0.130. The fourth-order valence-corrected chi connectivity index (χ4v) is 5.27. The molecule has 2 N–H and O–H groups in total. The molecule has 1 aliphatic rings. The predicted octanol–water partition coefficient (Wildman–Crippen LogP) is 5.23. The van der Waals surface area contributed by atoms with Gasteiger partial charge in [0.15, 0.2) is 5.13 Å². The molecule has 0 unspecified atom stereocenters. The molecule has 11 heteroatoms. The van der Waals surface area contributed by atoms with Crippen LogP contribution in [0, 0.1) is 17.6 Å². The first kappa shape index (κ1) is 25.4. The van der Waals surface area contributed by atoms with E-state index in [2.05, 4.69) is 17.2 Å². The number of carbonyl (C=O) groups is 2. The Hall–Kier alpha value is -2.24. The Bertz CT molecular complexity index is 931. The average Bonchev–Trinajstić information content (AvgIpc) is 3.22. The fraction of sp³-hybridized carbons (Fsp3) is 0.500. The summed E-state index contributed by atoms with van der Waals surface area (Å²) in [4.78, 5) is 29.6. The highest BCUT2D eigenvalue weighted by Gasteiger charge is 2.28. The summed E-state index contributed by atoms with van der Waals surface area (Å²) in [6.45, 7) is 2.38. The van der Waals surface area contributed by atoms with Gasteiger partial charge in [-0.1, -0.05) is 24.3 Å². The van der Waals surface area contributed by atoms with E-state index in [4.69, 9.17) is 9.84 Å². The van der Waals surface area contributed by atoms with E-state index < -0.39 is 17.6 Å². The molecule has 0 atom stereocenters. The lowest BCUT2D eigenvalue weighted by Crippen LogP contribution is -2.46. The lowest BCUT2D eigenvalue weighted by Gasteiger charge is -2.36. The van der Waals surface area contributed by atoms with Crippen molar-refractivity contribution in [3.8, 4) is 0 Å². The van der Waals surface area contributed by atoms with Crippen LogP contribution in [0.5, 0.6) is 0 Å². The molecule has 0 radical (unpaired) electrons. The van der Waals surface area contributed by atoms with Crippen LogP contribution in [0.2, 0.25) is 0 Å². The summed E-state index contributed by atoms with van der Waals surface area (Å²) in [5.74, 6) is -1.72. The van der Waals surface area contributed by atoms with Crippen molar-refractivity contribution in [3.63, 3.8) is 0 Å². The van der Waals surface area contributed by atoms with Crippen molar-refractivity contribution in [3.05, 3.63) is 41.6 Å². The first-order chi connectivity index (χ1) is 15.8. The zero-order chi connectivity index (χ0) is 23.8. The van der Waals surface area contributed by atoms with Crippen molar-refractivity contribution in [2.24, 2.45) is 5.92 Å². The predicted molar refractivity (Wildman–Crippen MR) is 124 cm³/mol. The van der Waals surface area contributed by atoms with E-state index in [0.717, 1.165) is 37.4 Å². The molecule has 1 aliphatic carbocycles. The normalized spacial score (nSPS) is 18.2. The van der Waals surface area contributed by atoms with Crippen LogP contribution in [-0.4, -0.2) is 51.9 Å². The number of carbonyl (C=O) groups excluding carboxylic acids is 1. The summed E-state index contributed by atoms with van der Waals surface area (Å²) < 4.78 is 33.8. The topological polar surface area (TPSA) is 91.8 Å². The van der Waals surface area contributed by atoms with Crippen molar-refractivity contribution < 1.29 is 28.2 Å². The number of benzene rings is 1. The van der Waals surface area contributed by atoms with Crippen molar-refractivity contribution >= 4 is 40.2 Å². The minimum absolute atomic E-state index is 0.0378. The van der Waals surface area contributed by atoms with Crippen LogP contribution in [0.4, 0.5) is 18.7 Å². The number of carboxylic acids is 1. The van der Waals surface area contributed by atoms with Gasteiger partial charge in [0.2, 0.25) is 0 Å². The lowest BCUT2D eigenvalue weighted by molar-refractivity contribution is -0.133. The van der Waals surface area contributed by atoms with E-state index >= 15 is 0 Å². The SMILES string of the molecule is CC1CCC(N(CCOCc2c(F)cccc2F)C(=O)Nc2ncc(SCC(=O)O)s2)CC1. The first-order valence-electron chi connectivity index (χ1n) is 10.7. The number of thiazole rings is 1. The maximum atomic E-state index is 13.8. The largest absolute Gasteiger partial charge is 0.481 e. The molecule has 1 heterocycles. The average molecular weight is 500 g/mol. The first-order valence-corrected chi connectivity index (χ1v) is 12.5.